The van der Waals surface area contributed by atoms with Gasteiger partial charge in [0.15, 0.2) is 12.3 Å². The van der Waals surface area contributed by atoms with Crippen molar-refractivity contribution < 1.29 is 18.3 Å². The van der Waals surface area contributed by atoms with E-state index in [2.05, 4.69) is 9.97 Å². The third-order valence-electron chi connectivity index (χ3n) is 3.71. The van der Waals surface area contributed by atoms with Crippen molar-refractivity contribution in [1.82, 2.24) is 14.9 Å². The molecule has 6 nitrogen and oxygen atoms in total. The molecule has 0 bridgehead atoms. The summed E-state index contributed by atoms with van der Waals surface area (Å²) in [5.74, 6) is -0.0266. The van der Waals surface area contributed by atoms with Crippen molar-refractivity contribution in [1.29, 1.82) is 0 Å². The lowest BCUT2D eigenvalue weighted by Gasteiger charge is -2.15. The van der Waals surface area contributed by atoms with Gasteiger partial charge >= 0.3 is 0 Å². The lowest BCUT2D eigenvalue weighted by atomic mass is 10.2. The Morgan fingerprint density at radius 2 is 2.15 bits per heavy atom. The van der Waals surface area contributed by atoms with Gasteiger partial charge in [0.2, 0.25) is 5.89 Å². The van der Waals surface area contributed by atoms with Crippen LogP contribution in [0.2, 0.25) is 0 Å². The van der Waals surface area contributed by atoms with Gasteiger partial charge in [0, 0.05) is 38.0 Å². The van der Waals surface area contributed by atoms with Crippen LogP contribution in [-0.4, -0.2) is 34.4 Å². The van der Waals surface area contributed by atoms with Crippen molar-refractivity contribution in [2.45, 2.75) is 13.0 Å². The molecule has 1 aromatic carbocycles. The summed E-state index contributed by atoms with van der Waals surface area (Å²) in [6.07, 6.45) is 3.67. The zero-order valence-corrected chi connectivity index (χ0v) is 14.3. The predicted molar refractivity (Wildman–Crippen MR) is 92.1 cm³/mol. The third kappa shape index (κ3) is 4.66. The lowest BCUT2D eigenvalue weighted by Crippen LogP contribution is -2.29. The van der Waals surface area contributed by atoms with Gasteiger partial charge in [-0.3, -0.25) is 9.78 Å². The number of ether oxygens (including phenoxy) is 1. The minimum absolute atomic E-state index is 0.00832. The highest BCUT2D eigenvalue weighted by atomic mass is 19.1. The van der Waals surface area contributed by atoms with Crippen LogP contribution < -0.4 is 4.74 Å². The molecule has 0 aliphatic rings. The Labute approximate surface area is 150 Å². The number of benzene rings is 1. The van der Waals surface area contributed by atoms with Crippen LogP contribution in [0.4, 0.5) is 4.39 Å². The van der Waals surface area contributed by atoms with Crippen LogP contribution in [0, 0.1) is 5.82 Å². The SMILES string of the molecule is CN(CCc1ccccn1)C(=O)c1coc(COc2cccc(F)c2)n1. The van der Waals surface area contributed by atoms with Crippen LogP contribution >= 0.6 is 0 Å². The molecule has 26 heavy (non-hydrogen) atoms. The van der Waals surface area contributed by atoms with Gasteiger partial charge in [0.25, 0.3) is 5.91 Å². The number of carbonyl (C=O) groups excluding carboxylic acids is 1. The highest BCUT2D eigenvalue weighted by Crippen LogP contribution is 2.14. The first-order chi connectivity index (χ1) is 12.6. The molecule has 0 radical (unpaired) electrons. The lowest BCUT2D eigenvalue weighted by molar-refractivity contribution is 0.0790. The van der Waals surface area contributed by atoms with Crippen molar-refractivity contribution in [3.8, 4) is 5.75 Å². The smallest absolute Gasteiger partial charge is 0.275 e. The first kappa shape index (κ1) is 17.6. The molecule has 0 fully saturated rings. The number of hydrogen-bond donors (Lipinski definition) is 0. The standard InChI is InChI=1S/C19H18FN3O3/c1-23(10-8-15-6-2-3-9-21-15)19(24)17-12-26-18(22-17)13-25-16-7-4-5-14(20)11-16/h2-7,9,11-12H,8,10,13H2,1H3. The van der Waals surface area contributed by atoms with Crippen molar-refractivity contribution >= 4 is 5.91 Å². The van der Waals surface area contributed by atoms with E-state index in [0.29, 0.717) is 18.7 Å². The van der Waals surface area contributed by atoms with Crippen LogP contribution in [0.3, 0.4) is 0 Å². The highest BCUT2D eigenvalue weighted by molar-refractivity contribution is 5.91. The number of rotatable bonds is 7. The number of likely N-dealkylation sites (N-methyl/N-ethyl adjacent to an activating group) is 1. The van der Waals surface area contributed by atoms with E-state index < -0.39 is 0 Å². The number of oxazole rings is 1. The molecule has 2 heterocycles. The molecule has 0 atom stereocenters. The van der Waals surface area contributed by atoms with Crippen LogP contribution in [0.25, 0.3) is 0 Å². The van der Waals surface area contributed by atoms with Crippen molar-refractivity contribution in [2.75, 3.05) is 13.6 Å². The molecule has 1 amide bonds. The maximum absolute atomic E-state index is 13.1. The maximum Gasteiger partial charge on any atom is 0.275 e. The van der Waals surface area contributed by atoms with E-state index in [1.165, 1.54) is 18.4 Å². The topological polar surface area (TPSA) is 68.5 Å². The second-order valence-corrected chi connectivity index (χ2v) is 5.67. The summed E-state index contributed by atoms with van der Waals surface area (Å²) in [7, 11) is 1.70. The van der Waals surface area contributed by atoms with E-state index in [9.17, 15) is 9.18 Å². The summed E-state index contributed by atoms with van der Waals surface area (Å²) in [5.41, 5.74) is 1.11. The first-order valence-corrected chi connectivity index (χ1v) is 8.10. The molecule has 0 aliphatic carbocycles. The molecular formula is C19H18FN3O3. The first-order valence-electron chi connectivity index (χ1n) is 8.10. The fourth-order valence-corrected chi connectivity index (χ4v) is 2.30. The molecule has 0 unspecified atom stereocenters. The van der Waals surface area contributed by atoms with Gasteiger partial charge in [-0.25, -0.2) is 9.37 Å². The largest absolute Gasteiger partial charge is 0.484 e. The minimum atomic E-state index is -0.389. The maximum atomic E-state index is 13.1. The second kappa shape index (κ2) is 8.24. The fourth-order valence-electron chi connectivity index (χ4n) is 2.30. The van der Waals surface area contributed by atoms with E-state index in [4.69, 9.17) is 9.15 Å². The Bertz CT molecular complexity index is 867. The Morgan fingerprint density at radius 1 is 1.27 bits per heavy atom. The van der Waals surface area contributed by atoms with E-state index in [0.717, 1.165) is 5.69 Å². The quantitative estimate of drug-likeness (QED) is 0.651. The van der Waals surface area contributed by atoms with E-state index in [1.807, 2.05) is 18.2 Å². The number of amides is 1. The van der Waals surface area contributed by atoms with Crippen LogP contribution in [0.1, 0.15) is 22.1 Å². The molecular weight excluding hydrogens is 337 g/mol. The summed E-state index contributed by atoms with van der Waals surface area (Å²) in [6.45, 7) is 0.520. The summed E-state index contributed by atoms with van der Waals surface area (Å²) in [6, 6.07) is 11.4. The predicted octanol–water partition coefficient (Wildman–Crippen LogP) is 3.10. The number of nitrogens with zero attached hydrogens (tertiary/aromatic N) is 3. The fraction of sp³-hybridized carbons (Fsp3) is 0.211. The van der Waals surface area contributed by atoms with Crippen molar-refractivity contribution in [2.24, 2.45) is 0 Å². The number of pyridine rings is 1. The monoisotopic (exact) mass is 355 g/mol. The van der Waals surface area contributed by atoms with E-state index in [-0.39, 0.29) is 29.9 Å². The van der Waals surface area contributed by atoms with Gasteiger partial charge in [-0.2, -0.15) is 0 Å². The van der Waals surface area contributed by atoms with Gasteiger partial charge in [-0.1, -0.05) is 12.1 Å². The van der Waals surface area contributed by atoms with Gasteiger partial charge in [-0.05, 0) is 24.3 Å². The average Bonchev–Trinajstić information content (AvgIpc) is 3.14. The molecule has 0 aliphatic heterocycles. The Hall–Kier alpha value is -3.22. The molecule has 0 saturated carbocycles. The Balaban J connectivity index is 1.53. The molecule has 3 aromatic rings. The molecule has 7 heteroatoms. The summed E-state index contributed by atoms with van der Waals surface area (Å²) in [5, 5.41) is 0. The zero-order valence-electron chi connectivity index (χ0n) is 14.3. The second-order valence-electron chi connectivity index (χ2n) is 5.67. The number of carbonyl (C=O) groups is 1. The normalized spacial score (nSPS) is 10.5. The number of aromatic nitrogens is 2. The van der Waals surface area contributed by atoms with Crippen molar-refractivity contribution in [3.63, 3.8) is 0 Å². The number of halogens is 1. The summed E-state index contributed by atoms with van der Waals surface area (Å²) >= 11 is 0. The van der Waals surface area contributed by atoms with E-state index >= 15 is 0 Å². The molecule has 0 spiro atoms. The van der Waals surface area contributed by atoms with Crippen LogP contribution in [-0.2, 0) is 13.0 Å². The third-order valence-corrected chi connectivity index (χ3v) is 3.71. The van der Waals surface area contributed by atoms with Gasteiger partial charge in [0.1, 0.15) is 17.8 Å². The van der Waals surface area contributed by atoms with Gasteiger partial charge in [-0.15, -0.1) is 0 Å². The van der Waals surface area contributed by atoms with Crippen LogP contribution in [0.15, 0.2) is 59.3 Å². The number of hydrogen-bond acceptors (Lipinski definition) is 5. The molecule has 0 saturated heterocycles. The average molecular weight is 355 g/mol. The van der Waals surface area contributed by atoms with E-state index in [1.54, 1.807) is 30.3 Å². The zero-order chi connectivity index (χ0) is 18.4. The minimum Gasteiger partial charge on any atom is -0.484 e. The Kier molecular flexibility index (Phi) is 5.58. The molecule has 2 aromatic heterocycles. The highest BCUT2D eigenvalue weighted by Gasteiger charge is 2.17. The summed E-state index contributed by atoms with van der Waals surface area (Å²) < 4.78 is 23.8. The molecule has 3 rings (SSSR count). The Morgan fingerprint density at radius 3 is 2.92 bits per heavy atom. The summed E-state index contributed by atoms with van der Waals surface area (Å²) in [4.78, 5) is 22.3. The van der Waals surface area contributed by atoms with Gasteiger partial charge < -0.3 is 14.1 Å². The molecule has 134 valence electrons. The van der Waals surface area contributed by atoms with Gasteiger partial charge in [0.05, 0.1) is 0 Å². The molecule has 0 N–H and O–H groups in total. The van der Waals surface area contributed by atoms with Crippen LogP contribution in [0.5, 0.6) is 5.75 Å². The van der Waals surface area contributed by atoms with Crippen molar-refractivity contribution in [3.05, 3.63) is 78.0 Å².